The SMILES string of the molecule is CN(C(=O)CO)c1c(I)cc(I)c(-c2c(I)cc(I)c(N(C)C(=O)CO)c2I)c1I. The summed E-state index contributed by atoms with van der Waals surface area (Å²) in [6.45, 7) is -1.14. The third kappa shape index (κ3) is 5.66. The van der Waals surface area contributed by atoms with Crippen molar-refractivity contribution in [3.8, 4) is 11.1 Å². The van der Waals surface area contributed by atoms with Crippen LogP contribution in [-0.2, 0) is 9.59 Å². The number of nitrogens with zero attached hydrogens (tertiary/aromatic N) is 2. The lowest BCUT2D eigenvalue weighted by atomic mass is 10.0. The molecule has 0 aliphatic carbocycles. The maximum Gasteiger partial charge on any atom is 0.252 e. The Hall–Kier alpha value is 1.68. The first-order valence-corrected chi connectivity index (χ1v) is 14.5. The van der Waals surface area contributed by atoms with Crippen LogP contribution in [0, 0.1) is 21.4 Å². The second kappa shape index (κ2) is 11.9. The van der Waals surface area contributed by atoms with Crippen molar-refractivity contribution in [2.24, 2.45) is 0 Å². The number of hydrogen-bond donors (Lipinski definition) is 2. The molecule has 2 N–H and O–H groups in total. The highest BCUT2D eigenvalue weighted by Crippen LogP contribution is 2.45. The number of rotatable bonds is 5. The summed E-state index contributed by atoms with van der Waals surface area (Å²) in [5.41, 5.74) is 3.38. The van der Waals surface area contributed by atoms with Crippen LogP contribution in [0.2, 0.25) is 0 Å². The van der Waals surface area contributed by atoms with Gasteiger partial charge < -0.3 is 20.0 Å². The fraction of sp³-hybridized carbons (Fsp3) is 0.222. The third-order valence-corrected chi connectivity index (χ3v) is 9.68. The van der Waals surface area contributed by atoms with E-state index < -0.39 is 13.2 Å². The molecule has 2 rings (SSSR count). The summed E-state index contributed by atoms with van der Waals surface area (Å²) in [7, 11) is 3.30. The Morgan fingerprint density at radius 1 is 0.700 bits per heavy atom. The lowest BCUT2D eigenvalue weighted by Gasteiger charge is -2.26. The molecule has 0 aliphatic heterocycles. The summed E-state index contributed by atoms with van der Waals surface area (Å²) < 4.78 is 5.58. The Morgan fingerprint density at radius 2 is 1.00 bits per heavy atom. The van der Waals surface area contributed by atoms with Crippen molar-refractivity contribution in [1.82, 2.24) is 0 Å². The summed E-state index contributed by atoms with van der Waals surface area (Å²) in [5.74, 6) is -0.780. The molecule has 162 valence electrons. The molecule has 0 unspecified atom stereocenters. The molecule has 0 bridgehead atoms. The number of aliphatic hydroxyl groups is 2. The molecule has 0 radical (unpaired) electrons. The smallest absolute Gasteiger partial charge is 0.252 e. The van der Waals surface area contributed by atoms with Gasteiger partial charge in [0.15, 0.2) is 0 Å². The number of amides is 2. The van der Waals surface area contributed by atoms with Crippen molar-refractivity contribution in [3.05, 3.63) is 33.6 Å². The maximum atomic E-state index is 12.2. The monoisotopic (exact) mass is 1080 g/mol. The van der Waals surface area contributed by atoms with E-state index in [1.807, 2.05) is 12.1 Å². The second-order valence-corrected chi connectivity index (χ2v) is 12.8. The fourth-order valence-corrected chi connectivity index (χ4v) is 12.0. The van der Waals surface area contributed by atoms with Gasteiger partial charge >= 0.3 is 0 Å². The van der Waals surface area contributed by atoms with Crippen LogP contribution in [0.15, 0.2) is 12.1 Å². The van der Waals surface area contributed by atoms with Crippen molar-refractivity contribution >= 4 is 159 Å². The predicted octanol–water partition coefficient (Wildman–Crippen LogP) is 4.89. The molecule has 0 aromatic heterocycles. The van der Waals surface area contributed by atoms with E-state index in [-0.39, 0.29) is 11.8 Å². The van der Waals surface area contributed by atoms with Crippen molar-refractivity contribution in [2.75, 3.05) is 37.1 Å². The van der Waals surface area contributed by atoms with Crippen molar-refractivity contribution < 1.29 is 19.8 Å². The molecular formula is C18H14I6N2O4. The van der Waals surface area contributed by atoms with Crippen LogP contribution in [0.3, 0.4) is 0 Å². The molecule has 2 aromatic carbocycles. The zero-order valence-electron chi connectivity index (χ0n) is 15.4. The number of halogens is 6. The average molecular weight is 1080 g/mol. The Labute approximate surface area is 256 Å². The van der Waals surface area contributed by atoms with Gasteiger partial charge in [0.2, 0.25) is 0 Å². The topological polar surface area (TPSA) is 81.1 Å². The van der Waals surface area contributed by atoms with Crippen LogP contribution in [0.5, 0.6) is 0 Å². The molecule has 0 saturated carbocycles. The highest BCUT2D eigenvalue weighted by atomic mass is 127. The normalized spacial score (nSPS) is 10.9. The highest BCUT2D eigenvalue weighted by molar-refractivity contribution is 14.1. The van der Waals surface area contributed by atoms with E-state index >= 15 is 0 Å². The minimum atomic E-state index is -0.569. The largest absolute Gasteiger partial charge is 0.387 e. The van der Waals surface area contributed by atoms with E-state index in [2.05, 4.69) is 136 Å². The first-order chi connectivity index (χ1) is 14.0. The first kappa shape index (κ1) is 27.9. The summed E-state index contributed by atoms with van der Waals surface area (Å²) in [6.07, 6.45) is 0. The molecule has 2 amide bonds. The zero-order valence-corrected chi connectivity index (χ0v) is 28.4. The van der Waals surface area contributed by atoms with Crippen molar-refractivity contribution in [1.29, 1.82) is 0 Å². The summed E-state index contributed by atoms with van der Waals surface area (Å²) in [4.78, 5) is 27.3. The van der Waals surface area contributed by atoms with Crippen LogP contribution >= 0.6 is 136 Å². The lowest BCUT2D eigenvalue weighted by molar-refractivity contribution is -0.121. The molecule has 0 fully saturated rings. The number of aliphatic hydroxyl groups excluding tert-OH is 2. The molecule has 0 aliphatic rings. The molecule has 0 spiro atoms. The molecule has 0 heterocycles. The van der Waals surface area contributed by atoms with E-state index in [0.717, 1.165) is 43.9 Å². The molecule has 0 atom stereocenters. The van der Waals surface area contributed by atoms with E-state index in [9.17, 15) is 19.8 Å². The minimum Gasteiger partial charge on any atom is -0.387 e. The minimum absolute atomic E-state index is 0.390. The van der Waals surface area contributed by atoms with Gasteiger partial charge in [0.1, 0.15) is 13.2 Å². The average Bonchev–Trinajstić information content (AvgIpc) is 2.68. The van der Waals surface area contributed by atoms with E-state index in [4.69, 9.17) is 0 Å². The highest BCUT2D eigenvalue weighted by Gasteiger charge is 2.27. The van der Waals surface area contributed by atoms with Crippen molar-refractivity contribution in [3.63, 3.8) is 0 Å². The van der Waals surface area contributed by atoms with Crippen LogP contribution in [0.25, 0.3) is 11.1 Å². The summed E-state index contributed by atoms with van der Waals surface area (Å²) >= 11 is 13.4. The van der Waals surface area contributed by atoms with Gasteiger partial charge in [-0.1, -0.05) is 0 Å². The number of hydrogen-bond acceptors (Lipinski definition) is 4. The first-order valence-electron chi connectivity index (χ1n) is 8.08. The predicted molar refractivity (Wildman–Crippen MR) is 169 cm³/mol. The second-order valence-electron chi connectivity index (χ2n) is 5.98. The van der Waals surface area contributed by atoms with Gasteiger partial charge in [-0.2, -0.15) is 0 Å². The molecule has 12 heteroatoms. The Kier molecular flexibility index (Phi) is 11.1. The van der Waals surface area contributed by atoms with Crippen molar-refractivity contribution in [2.45, 2.75) is 0 Å². The van der Waals surface area contributed by atoms with Gasteiger partial charge in [-0.25, -0.2) is 0 Å². The van der Waals surface area contributed by atoms with E-state index in [1.165, 1.54) is 9.80 Å². The zero-order chi connectivity index (χ0) is 22.9. The Balaban J connectivity index is 2.88. The maximum absolute atomic E-state index is 12.2. The van der Waals surface area contributed by atoms with Gasteiger partial charge in [-0.15, -0.1) is 0 Å². The quantitative estimate of drug-likeness (QED) is 0.419. The van der Waals surface area contributed by atoms with Gasteiger partial charge in [-0.3, -0.25) is 9.59 Å². The van der Waals surface area contributed by atoms with Gasteiger partial charge in [0.05, 0.1) is 11.4 Å². The lowest BCUT2D eigenvalue weighted by Crippen LogP contribution is -2.31. The molecule has 6 nitrogen and oxygen atoms in total. The van der Waals surface area contributed by atoms with Gasteiger partial charge in [0, 0.05) is 46.6 Å². The molecule has 2 aromatic rings. The number of anilines is 2. The molecule has 0 saturated heterocycles. The van der Waals surface area contributed by atoms with Crippen LogP contribution in [0.4, 0.5) is 11.4 Å². The van der Waals surface area contributed by atoms with E-state index in [1.54, 1.807) is 14.1 Å². The van der Waals surface area contributed by atoms with Gasteiger partial charge in [-0.05, 0) is 148 Å². The fourth-order valence-electron chi connectivity index (χ4n) is 2.69. The third-order valence-electron chi connectivity index (χ3n) is 4.23. The van der Waals surface area contributed by atoms with Crippen LogP contribution in [-0.4, -0.2) is 49.3 Å². The number of likely N-dealkylation sites (N-methyl/N-ethyl adjacent to an activating group) is 2. The number of carbonyl (C=O) groups is 2. The summed E-state index contributed by atoms with van der Waals surface area (Å²) in [6, 6.07) is 4.00. The number of benzene rings is 2. The number of carbonyl (C=O) groups excluding carboxylic acids is 2. The summed E-state index contributed by atoms with van der Waals surface area (Å²) in [5, 5.41) is 18.6. The molecule has 30 heavy (non-hydrogen) atoms. The van der Waals surface area contributed by atoms with Crippen LogP contribution in [0.1, 0.15) is 0 Å². The Bertz CT molecular complexity index is 949. The van der Waals surface area contributed by atoms with Crippen LogP contribution < -0.4 is 9.80 Å². The Morgan fingerprint density at radius 3 is 1.27 bits per heavy atom. The van der Waals surface area contributed by atoms with E-state index in [0.29, 0.717) is 0 Å². The van der Waals surface area contributed by atoms with Gasteiger partial charge in [0.25, 0.3) is 11.8 Å². The molecular weight excluding hydrogens is 1070 g/mol. The standard InChI is InChI=1S/C18H14I6N2O4/c1-25(11(29)5-27)17-9(21)3-7(19)13(15(17)23)14-8(20)4-10(22)18(16(14)24)26(2)12(30)6-28/h3-4,27-28H,5-6H2,1-2H3.